The number of hydrogen-bond acceptors (Lipinski definition) is 3. The molecular formula is C13H8BrClN2S. The third-order valence-corrected chi connectivity index (χ3v) is 4.97. The second kappa shape index (κ2) is 4.61. The summed E-state index contributed by atoms with van der Waals surface area (Å²) in [5, 5.41) is 1.49. The van der Waals surface area contributed by atoms with Gasteiger partial charge >= 0.3 is 0 Å². The van der Waals surface area contributed by atoms with Crippen LogP contribution in [0.1, 0.15) is 5.56 Å². The van der Waals surface area contributed by atoms with Crippen molar-refractivity contribution >= 4 is 49.0 Å². The van der Waals surface area contributed by atoms with Crippen molar-refractivity contribution in [3.8, 4) is 10.6 Å². The van der Waals surface area contributed by atoms with Crippen molar-refractivity contribution in [3.63, 3.8) is 0 Å². The Bertz CT molecular complexity index is 739. The van der Waals surface area contributed by atoms with E-state index in [-0.39, 0.29) is 5.28 Å². The SMILES string of the molecule is Cc1cnc(Cl)nc1-c1cc2cccc(Br)c2s1. The molecule has 5 heteroatoms. The van der Waals surface area contributed by atoms with Gasteiger partial charge in [-0.3, -0.25) is 0 Å². The van der Waals surface area contributed by atoms with Crippen molar-refractivity contribution in [2.24, 2.45) is 0 Å². The van der Waals surface area contributed by atoms with Crippen molar-refractivity contribution in [2.75, 3.05) is 0 Å². The molecule has 2 aromatic heterocycles. The molecule has 3 aromatic rings. The fraction of sp³-hybridized carbons (Fsp3) is 0.0769. The summed E-state index contributed by atoms with van der Waals surface area (Å²) in [5.74, 6) is 0. The van der Waals surface area contributed by atoms with Gasteiger partial charge in [0.1, 0.15) is 0 Å². The molecule has 0 aliphatic heterocycles. The summed E-state index contributed by atoms with van der Waals surface area (Å²) in [6.45, 7) is 1.99. The zero-order valence-corrected chi connectivity index (χ0v) is 12.6. The number of aryl methyl sites for hydroxylation is 1. The summed E-state index contributed by atoms with van der Waals surface area (Å²) in [7, 11) is 0. The molecular weight excluding hydrogens is 332 g/mol. The largest absolute Gasteiger partial charge is 0.226 e. The third kappa shape index (κ3) is 2.05. The van der Waals surface area contributed by atoms with E-state index in [0.717, 1.165) is 20.6 Å². The van der Waals surface area contributed by atoms with Gasteiger partial charge in [-0.1, -0.05) is 12.1 Å². The molecule has 0 aliphatic rings. The number of aromatic nitrogens is 2. The molecule has 90 valence electrons. The summed E-state index contributed by atoms with van der Waals surface area (Å²) in [4.78, 5) is 9.41. The quantitative estimate of drug-likeness (QED) is 0.578. The number of hydrogen-bond donors (Lipinski definition) is 0. The van der Waals surface area contributed by atoms with Crippen molar-refractivity contribution < 1.29 is 0 Å². The molecule has 0 unspecified atom stereocenters. The van der Waals surface area contributed by atoms with Crippen molar-refractivity contribution in [1.82, 2.24) is 9.97 Å². The maximum Gasteiger partial charge on any atom is 0.222 e. The van der Waals surface area contributed by atoms with Crippen molar-refractivity contribution in [2.45, 2.75) is 6.92 Å². The first-order valence-electron chi connectivity index (χ1n) is 5.33. The molecule has 0 fully saturated rings. The highest BCUT2D eigenvalue weighted by molar-refractivity contribution is 9.10. The maximum atomic E-state index is 5.87. The molecule has 0 atom stereocenters. The lowest BCUT2D eigenvalue weighted by Gasteiger charge is -2.00. The van der Waals surface area contributed by atoms with Crippen LogP contribution in [0.25, 0.3) is 20.7 Å². The van der Waals surface area contributed by atoms with Crippen LogP contribution in [-0.4, -0.2) is 9.97 Å². The van der Waals surface area contributed by atoms with Crippen LogP contribution >= 0.6 is 38.9 Å². The lowest BCUT2D eigenvalue weighted by atomic mass is 10.2. The third-order valence-electron chi connectivity index (χ3n) is 2.67. The fourth-order valence-corrected chi connectivity index (χ4v) is 3.69. The number of benzene rings is 1. The van der Waals surface area contributed by atoms with Crippen LogP contribution in [0.2, 0.25) is 5.28 Å². The predicted octanol–water partition coefficient (Wildman–Crippen LogP) is 5.08. The first-order valence-corrected chi connectivity index (χ1v) is 7.31. The molecule has 2 heterocycles. The maximum absolute atomic E-state index is 5.87. The first-order chi connectivity index (χ1) is 8.65. The van der Waals surface area contributed by atoms with Crippen LogP contribution < -0.4 is 0 Å². The Hall–Kier alpha value is -0.970. The lowest BCUT2D eigenvalue weighted by Crippen LogP contribution is -1.89. The minimum atomic E-state index is 0.284. The van der Waals surface area contributed by atoms with E-state index < -0.39 is 0 Å². The van der Waals surface area contributed by atoms with Crippen molar-refractivity contribution in [3.05, 3.63) is 45.8 Å². The second-order valence-corrected chi connectivity index (χ2v) is 6.18. The summed E-state index contributed by atoms with van der Waals surface area (Å²) in [6, 6.07) is 8.31. The number of nitrogens with zero attached hydrogens (tertiary/aromatic N) is 2. The molecule has 0 amide bonds. The lowest BCUT2D eigenvalue weighted by molar-refractivity contribution is 1.14. The van der Waals surface area contributed by atoms with Crippen LogP contribution in [0.4, 0.5) is 0 Å². The monoisotopic (exact) mass is 338 g/mol. The zero-order chi connectivity index (χ0) is 12.7. The normalized spacial score (nSPS) is 11.1. The van der Waals surface area contributed by atoms with Crippen LogP contribution in [-0.2, 0) is 0 Å². The Labute approximate surface area is 122 Å². The average Bonchev–Trinajstić information content (AvgIpc) is 2.77. The van der Waals surface area contributed by atoms with E-state index in [2.05, 4.69) is 38.0 Å². The van der Waals surface area contributed by atoms with E-state index in [1.54, 1.807) is 17.5 Å². The van der Waals surface area contributed by atoms with E-state index in [1.165, 1.54) is 10.1 Å². The highest BCUT2D eigenvalue weighted by atomic mass is 79.9. The molecule has 0 saturated heterocycles. The minimum Gasteiger partial charge on any atom is -0.226 e. The van der Waals surface area contributed by atoms with E-state index >= 15 is 0 Å². The Morgan fingerprint density at radius 3 is 2.94 bits per heavy atom. The molecule has 0 saturated carbocycles. The van der Waals surface area contributed by atoms with Gasteiger partial charge in [0.05, 0.1) is 10.6 Å². The van der Waals surface area contributed by atoms with Crippen LogP contribution in [0.5, 0.6) is 0 Å². The molecule has 0 N–H and O–H groups in total. The van der Waals surface area contributed by atoms with Crippen molar-refractivity contribution in [1.29, 1.82) is 0 Å². The smallest absolute Gasteiger partial charge is 0.222 e. The van der Waals surface area contributed by atoms with E-state index in [4.69, 9.17) is 11.6 Å². The molecule has 3 rings (SSSR count). The van der Waals surface area contributed by atoms with Gasteiger partial charge in [0, 0.05) is 15.4 Å². The average molecular weight is 340 g/mol. The molecule has 18 heavy (non-hydrogen) atoms. The highest BCUT2D eigenvalue weighted by Crippen LogP contribution is 2.37. The Balaban J connectivity index is 2.26. The number of halogens is 2. The van der Waals surface area contributed by atoms with Gasteiger partial charge in [-0.25, -0.2) is 9.97 Å². The summed E-state index contributed by atoms with van der Waals surface area (Å²) < 4.78 is 2.33. The summed E-state index contributed by atoms with van der Waals surface area (Å²) in [5.41, 5.74) is 1.94. The molecule has 0 radical (unpaired) electrons. The Kier molecular flexibility index (Phi) is 3.09. The Morgan fingerprint density at radius 1 is 1.33 bits per heavy atom. The van der Waals surface area contributed by atoms with Crippen LogP contribution in [0.15, 0.2) is 34.9 Å². The van der Waals surface area contributed by atoms with Gasteiger partial charge in [-0.05, 0) is 57.5 Å². The second-order valence-electron chi connectivity index (χ2n) is 3.94. The minimum absolute atomic E-state index is 0.284. The van der Waals surface area contributed by atoms with E-state index in [0.29, 0.717) is 0 Å². The molecule has 0 bridgehead atoms. The number of thiophene rings is 1. The summed E-state index contributed by atoms with van der Waals surface area (Å²) in [6.07, 6.45) is 1.75. The van der Waals surface area contributed by atoms with Gasteiger partial charge < -0.3 is 0 Å². The van der Waals surface area contributed by atoms with Gasteiger partial charge in [0.25, 0.3) is 0 Å². The number of fused-ring (bicyclic) bond motifs is 1. The molecule has 1 aromatic carbocycles. The van der Waals surface area contributed by atoms with Crippen LogP contribution in [0.3, 0.4) is 0 Å². The topological polar surface area (TPSA) is 25.8 Å². The Morgan fingerprint density at radius 2 is 2.17 bits per heavy atom. The van der Waals surface area contributed by atoms with Crippen LogP contribution in [0, 0.1) is 6.92 Å². The standard InChI is InChI=1S/C13H8BrClN2S/c1-7-6-16-13(15)17-11(7)10-5-8-3-2-4-9(14)12(8)18-10/h2-6H,1H3. The highest BCUT2D eigenvalue weighted by Gasteiger charge is 2.10. The van der Waals surface area contributed by atoms with Gasteiger partial charge in [-0.15, -0.1) is 11.3 Å². The fourth-order valence-electron chi connectivity index (χ4n) is 1.81. The number of rotatable bonds is 1. The van der Waals surface area contributed by atoms with Gasteiger partial charge in [0.15, 0.2) is 0 Å². The van der Waals surface area contributed by atoms with Gasteiger partial charge in [-0.2, -0.15) is 0 Å². The first kappa shape index (κ1) is 12.1. The predicted molar refractivity (Wildman–Crippen MR) is 80.3 cm³/mol. The molecule has 2 nitrogen and oxygen atoms in total. The summed E-state index contributed by atoms with van der Waals surface area (Å²) >= 11 is 11.1. The van der Waals surface area contributed by atoms with E-state index in [1.807, 2.05) is 19.1 Å². The van der Waals surface area contributed by atoms with Gasteiger partial charge in [0.2, 0.25) is 5.28 Å². The van der Waals surface area contributed by atoms with E-state index in [9.17, 15) is 0 Å². The molecule has 0 spiro atoms. The zero-order valence-electron chi connectivity index (χ0n) is 9.45. The molecule has 0 aliphatic carbocycles.